The second-order valence-corrected chi connectivity index (χ2v) is 10.1. The molecule has 1 aromatic heterocycles. The van der Waals surface area contributed by atoms with Crippen molar-refractivity contribution in [3.8, 4) is 22.8 Å². The first kappa shape index (κ1) is 31.7. The minimum Gasteiger partial charge on any atom is -0.497 e. The first-order chi connectivity index (χ1) is 21.9. The number of imide groups is 1. The molecule has 0 unspecified atom stereocenters. The van der Waals surface area contributed by atoms with Gasteiger partial charge in [0.05, 0.1) is 29.7 Å². The molecule has 0 saturated carbocycles. The molecule has 4 aromatic carbocycles. The zero-order chi connectivity index (χ0) is 33.0. The Labute approximate surface area is 259 Å². The molecule has 0 bridgehead atoms. The molecule has 1 aliphatic rings. The number of benzene rings is 4. The van der Waals surface area contributed by atoms with Crippen molar-refractivity contribution in [1.29, 1.82) is 0 Å². The van der Waals surface area contributed by atoms with Crippen LogP contribution in [0.5, 0.6) is 11.5 Å². The number of aryl methyl sites for hydroxylation is 1. The zero-order valence-corrected chi connectivity index (χ0v) is 24.4. The van der Waals surface area contributed by atoms with E-state index in [1.807, 2.05) is 55.5 Å². The van der Waals surface area contributed by atoms with Gasteiger partial charge in [0.2, 0.25) is 11.0 Å². The van der Waals surface area contributed by atoms with Crippen molar-refractivity contribution >= 4 is 41.7 Å². The summed E-state index contributed by atoms with van der Waals surface area (Å²) >= 11 is 0. The molecule has 5 aromatic rings. The van der Waals surface area contributed by atoms with E-state index < -0.39 is 31.6 Å². The molecule has 2 heterocycles. The number of rotatable bonds is 6. The molecule has 1 N–H and O–H groups in total. The molecule has 0 radical (unpaired) electrons. The number of nitrogens with zero attached hydrogens (tertiary/aromatic N) is 1. The maximum absolute atomic E-state index is 12.6. The Morgan fingerprint density at radius 2 is 1.41 bits per heavy atom. The van der Waals surface area contributed by atoms with Crippen LogP contribution in [-0.2, 0) is 4.79 Å². The third kappa shape index (κ3) is 7.49. The SMILES string of the molecule is COc1ccc(-c2cc(=[NH+]c3ccc(OC(=O)CN4C(=O)c5ccccc5C4=O)cc3)c3cc(C)ccc3o2)cc1.F[B-](F)(F)F. The minimum absolute atomic E-state index is 0.285. The lowest BCUT2D eigenvalue weighted by molar-refractivity contribution is -0.400. The number of fused-ring (bicyclic) bond motifs is 2. The van der Waals surface area contributed by atoms with E-state index in [2.05, 4.69) is 4.99 Å². The van der Waals surface area contributed by atoms with Gasteiger partial charge < -0.3 is 31.2 Å². The van der Waals surface area contributed by atoms with Crippen molar-refractivity contribution < 1.29 is 50.5 Å². The van der Waals surface area contributed by atoms with Crippen LogP contribution in [0.3, 0.4) is 0 Å². The van der Waals surface area contributed by atoms with E-state index in [0.29, 0.717) is 11.5 Å². The third-order valence-corrected chi connectivity index (χ3v) is 6.83. The average molecular weight is 632 g/mol. The van der Waals surface area contributed by atoms with Crippen molar-refractivity contribution in [2.24, 2.45) is 0 Å². The normalized spacial score (nSPS) is 12.9. The molecule has 0 atom stereocenters. The smallest absolute Gasteiger partial charge is 0.497 e. The van der Waals surface area contributed by atoms with E-state index in [-0.39, 0.29) is 11.1 Å². The molecule has 0 spiro atoms. The van der Waals surface area contributed by atoms with Gasteiger partial charge in [0.25, 0.3) is 11.8 Å². The summed E-state index contributed by atoms with van der Waals surface area (Å²) in [6.07, 6.45) is 0. The molecule has 8 nitrogen and oxygen atoms in total. The first-order valence-corrected chi connectivity index (χ1v) is 13.8. The highest BCUT2D eigenvalue weighted by Crippen LogP contribution is 2.25. The highest BCUT2D eigenvalue weighted by molar-refractivity contribution is 6.50. The Hall–Kier alpha value is -5.72. The number of amides is 2. The van der Waals surface area contributed by atoms with Crippen LogP contribution in [0.4, 0.5) is 23.0 Å². The van der Waals surface area contributed by atoms with Crippen LogP contribution in [-0.4, -0.2) is 43.6 Å². The lowest BCUT2D eigenvalue weighted by atomic mass is 10.1. The maximum Gasteiger partial charge on any atom is 0.673 e. The fourth-order valence-electron chi connectivity index (χ4n) is 4.74. The van der Waals surface area contributed by atoms with E-state index in [4.69, 9.17) is 13.9 Å². The van der Waals surface area contributed by atoms with E-state index in [1.165, 1.54) is 0 Å². The van der Waals surface area contributed by atoms with Crippen LogP contribution in [0, 0.1) is 6.92 Å². The van der Waals surface area contributed by atoms with Crippen molar-refractivity contribution in [3.63, 3.8) is 0 Å². The quantitative estimate of drug-likeness (QED) is 0.0906. The second kappa shape index (κ2) is 13.1. The van der Waals surface area contributed by atoms with E-state index in [9.17, 15) is 31.6 Å². The lowest BCUT2D eigenvalue weighted by Crippen LogP contribution is -2.70. The van der Waals surface area contributed by atoms with Crippen molar-refractivity contribution in [2.75, 3.05) is 13.7 Å². The molecule has 46 heavy (non-hydrogen) atoms. The molecule has 1 aliphatic heterocycles. The molecule has 0 saturated heterocycles. The zero-order valence-electron chi connectivity index (χ0n) is 24.4. The molecule has 0 fully saturated rings. The summed E-state index contributed by atoms with van der Waals surface area (Å²) in [6.45, 7) is 1.55. The number of methoxy groups -OCH3 is 1. The number of esters is 1. The Kier molecular flexibility index (Phi) is 9.03. The van der Waals surface area contributed by atoms with Crippen LogP contribution in [0.2, 0.25) is 0 Å². The molecule has 13 heteroatoms. The summed E-state index contributed by atoms with van der Waals surface area (Å²) < 4.78 is 55.9. The Morgan fingerprint density at radius 1 is 0.826 bits per heavy atom. The molecular formula is C33H25BF4N2O6. The summed E-state index contributed by atoms with van der Waals surface area (Å²) in [5, 5.41) is 1.76. The Balaban J connectivity index is 0.000000775. The van der Waals surface area contributed by atoms with Gasteiger partial charge in [-0.3, -0.25) is 14.5 Å². The number of hydrogen-bond donors (Lipinski definition) is 1. The predicted octanol–water partition coefficient (Wildman–Crippen LogP) is 5.23. The number of halogens is 4. The lowest BCUT2D eigenvalue weighted by Gasteiger charge is -2.12. The molecule has 2 amide bonds. The number of hydrogen-bond acceptors (Lipinski definition) is 6. The highest BCUT2D eigenvalue weighted by atomic mass is 19.5. The first-order valence-electron chi connectivity index (χ1n) is 13.8. The minimum atomic E-state index is -6.00. The van der Waals surface area contributed by atoms with Crippen LogP contribution in [0.1, 0.15) is 26.3 Å². The molecule has 6 rings (SSSR count). The van der Waals surface area contributed by atoms with Gasteiger partial charge in [-0.1, -0.05) is 23.8 Å². The van der Waals surface area contributed by atoms with Gasteiger partial charge in [-0.15, -0.1) is 0 Å². The number of nitrogens with one attached hydrogen (secondary N) is 1. The molecule has 234 valence electrons. The second-order valence-electron chi connectivity index (χ2n) is 10.1. The fourth-order valence-corrected chi connectivity index (χ4v) is 4.74. The van der Waals surface area contributed by atoms with E-state index >= 15 is 0 Å². The number of carbonyl (C=O) groups excluding carboxylic acids is 3. The van der Waals surface area contributed by atoms with Crippen LogP contribution in [0.15, 0.2) is 101 Å². The highest BCUT2D eigenvalue weighted by Gasteiger charge is 2.36. The Morgan fingerprint density at radius 3 is 2.00 bits per heavy atom. The molecular weight excluding hydrogens is 607 g/mol. The van der Waals surface area contributed by atoms with Crippen molar-refractivity contribution in [1.82, 2.24) is 4.90 Å². The maximum atomic E-state index is 12.6. The fraction of sp³-hybridized carbons (Fsp3) is 0.0909. The number of ether oxygens (including phenoxy) is 2. The standard InChI is InChI=1S/C33H24N2O6.BF4/c1-20-7-16-29-27(17-20)28(18-30(41-29)21-8-12-23(39-2)13-9-21)34-22-10-14-24(15-11-22)40-31(36)19-35-32(37)25-5-3-4-6-26(25)33(35)38;2-1(3,4)5/h3-18H,19H2,1-2H3;/q;-1/p+1. The summed E-state index contributed by atoms with van der Waals surface area (Å²) in [7, 11) is -4.37. The van der Waals surface area contributed by atoms with Crippen LogP contribution < -0.4 is 19.8 Å². The van der Waals surface area contributed by atoms with Crippen molar-refractivity contribution in [3.05, 3.63) is 119 Å². The molecule has 0 aliphatic carbocycles. The van der Waals surface area contributed by atoms with Gasteiger partial charge in [-0.25, -0.2) is 9.79 Å². The summed E-state index contributed by atoms with van der Waals surface area (Å²) in [4.78, 5) is 42.0. The largest absolute Gasteiger partial charge is 0.673 e. The van der Waals surface area contributed by atoms with Crippen molar-refractivity contribution in [2.45, 2.75) is 6.92 Å². The number of carbonyl (C=O) groups is 3. The predicted molar refractivity (Wildman–Crippen MR) is 161 cm³/mol. The summed E-state index contributed by atoms with van der Waals surface area (Å²) in [5.74, 6) is 0.00917. The Bertz CT molecular complexity index is 1970. The van der Waals surface area contributed by atoms with E-state index in [1.54, 1.807) is 55.6 Å². The summed E-state index contributed by atoms with van der Waals surface area (Å²) in [6, 6.07) is 28.9. The monoisotopic (exact) mass is 632 g/mol. The van der Waals surface area contributed by atoms with Gasteiger partial charge in [-0.05, 0) is 67.6 Å². The van der Waals surface area contributed by atoms with Crippen LogP contribution >= 0.6 is 0 Å². The topological polar surface area (TPSA) is 100 Å². The van der Waals surface area contributed by atoms with Gasteiger partial charge in [0.1, 0.15) is 29.4 Å². The van der Waals surface area contributed by atoms with E-state index in [0.717, 1.165) is 43.8 Å². The average Bonchev–Trinajstić information content (AvgIpc) is 3.26. The van der Waals surface area contributed by atoms with Gasteiger partial charge in [-0.2, -0.15) is 0 Å². The van der Waals surface area contributed by atoms with Gasteiger partial charge >= 0.3 is 13.2 Å². The van der Waals surface area contributed by atoms with Gasteiger partial charge in [0, 0.05) is 17.7 Å². The van der Waals surface area contributed by atoms with Gasteiger partial charge in [0.15, 0.2) is 0 Å². The third-order valence-electron chi connectivity index (χ3n) is 6.83. The van der Waals surface area contributed by atoms with Crippen LogP contribution in [0.25, 0.3) is 22.3 Å². The summed E-state index contributed by atoms with van der Waals surface area (Å²) in [5.41, 5.74) is 4.05.